The van der Waals surface area contributed by atoms with Gasteiger partial charge in [0.1, 0.15) is 11.3 Å². The molecule has 6 heteroatoms. The third kappa shape index (κ3) is 2.69. The third-order valence-electron chi connectivity index (χ3n) is 4.66. The van der Waals surface area contributed by atoms with Crippen LogP contribution < -0.4 is 10.1 Å². The van der Waals surface area contributed by atoms with Gasteiger partial charge in [-0.05, 0) is 25.0 Å². The van der Waals surface area contributed by atoms with Crippen molar-refractivity contribution >= 4 is 17.7 Å². The molecule has 1 saturated carbocycles. The molecule has 2 fully saturated rings. The average molecular weight is 316 g/mol. The number of nitrogens with one attached hydrogen (secondary N) is 1. The van der Waals surface area contributed by atoms with Crippen LogP contribution >= 0.6 is 0 Å². The fraction of sp³-hybridized carbons (Fsp3) is 0.471. The van der Waals surface area contributed by atoms with Crippen LogP contribution in [-0.4, -0.2) is 41.8 Å². The number of Topliss-reactive ketones (excluding diaryl/α,β-unsaturated/α-hetero) is 1. The second-order valence-electron chi connectivity index (χ2n) is 6.09. The Morgan fingerprint density at radius 2 is 1.91 bits per heavy atom. The fourth-order valence-corrected chi connectivity index (χ4v) is 3.42. The van der Waals surface area contributed by atoms with Crippen LogP contribution in [0.25, 0.3) is 0 Å². The molecule has 1 N–H and O–H groups in total. The van der Waals surface area contributed by atoms with E-state index in [0.717, 1.165) is 24.2 Å². The standard InChI is InChI=1S/C17H20N2O4/c1-23-14-8-4-3-7-12(14)13(20)11-19-15(21)17(18-16(19)22)9-5-2-6-10-17/h3-4,7-8H,2,5-6,9-11H2,1H3,(H,18,22). The summed E-state index contributed by atoms with van der Waals surface area (Å²) in [7, 11) is 1.48. The molecule has 3 amide bonds. The lowest BCUT2D eigenvalue weighted by molar-refractivity contribution is -0.132. The van der Waals surface area contributed by atoms with E-state index in [1.165, 1.54) is 7.11 Å². The molecule has 0 unspecified atom stereocenters. The first kappa shape index (κ1) is 15.5. The quantitative estimate of drug-likeness (QED) is 0.682. The number of methoxy groups -OCH3 is 1. The monoisotopic (exact) mass is 316 g/mol. The zero-order valence-corrected chi connectivity index (χ0v) is 13.1. The summed E-state index contributed by atoms with van der Waals surface area (Å²) in [6.45, 7) is -0.257. The summed E-state index contributed by atoms with van der Waals surface area (Å²) in [5.41, 5.74) is -0.420. The van der Waals surface area contributed by atoms with Gasteiger partial charge in [0.15, 0.2) is 5.78 Å². The van der Waals surface area contributed by atoms with Gasteiger partial charge in [0.2, 0.25) is 0 Å². The minimum atomic E-state index is -0.795. The van der Waals surface area contributed by atoms with Crippen molar-refractivity contribution in [3.8, 4) is 5.75 Å². The zero-order chi connectivity index (χ0) is 16.4. The molecule has 1 saturated heterocycles. The van der Waals surface area contributed by atoms with Crippen LogP contribution in [0, 0.1) is 0 Å². The number of nitrogens with zero attached hydrogens (tertiary/aromatic N) is 1. The van der Waals surface area contributed by atoms with Crippen molar-refractivity contribution in [1.82, 2.24) is 10.2 Å². The molecule has 1 aliphatic heterocycles. The van der Waals surface area contributed by atoms with E-state index in [1.54, 1.807) is 24.3 Å². The summed E-state index contributed by atoms with van der Waals surface area (Å²) in [6.07, 6.45) is 4.21. The Labute approximate surface area is 134 Å². The summed E-state index contributed by atoms with van der Waals surface area (Å²) >= 11 is 0. The van der Waals surface area contributed by atoms with E-state index < -0.39 is 11.6 Å². The smallest absolute Gasteiger partial charge is 0.325 e. The number of carbonyl (C=O) groups excluding carboxylic acids is 3. The van der Waals surface area contributed by atoms with E-state index >= 15 is 0 Å². The van der Waals surface area contributed by atoms with Gasteiger partial charge in [0, 0.05) is 0 Å². The minimum absolute atomic E-state index is 0.257. The predicted octanol–water partition coefficient (Wildman–Crippen LogP) is 2.13. The maximum absolute atomic E-state index is 12.7. The SMILES string of the molecule is COc1ccccc1C(=O)CN1C(=O)NC2(CCCCC2)C1=O. The van der Waals surface area contributed by atoms with E-state index in [9.17, 15) is 14.4 Å². The number of rotatable bonds is 4. The highest BCUT2D eigenvalue weighted by atomic mass is 16.5. The summed E-state index contributed by atoms with van der Waals surface area (Å²) in [5, 5.41) is 2.81. The average Bonchev–Trinajstić information content (AvgIpc) is 2.79. The van der Waals surface area contributed by atoms with Crippen LogP contribution in [0.2, 0.25) is 0 Å². The van der Waals surface area contributed by atoms with Crippen molar-refractivity contribution in [3.63, 3.8) is 0 Å². The normalized spacial score (nSPS) is 19.8. The topological polar surface area (TPSA) is 75.7 Å². The van der Waals surface area contributed by atoms with Gasteiger partial charge in [-0.1, -0.05) is 31.4 Å². The van der Waals surface area contributed by atoms with Gasteiger partial charge in [-0.25, -0.2) is 4.79 Å². The summed E-state index contributed by atoms with van der Waals surface area (Å²) < 4.78 is 5.17. The number of amides is 3. The van der Waals surface area contributed by atoms with Crippen molar-refractivity contribution in [2.75, 3.05) is 13.7 Å². The predicted molar refractivity (Wildman–Crippen MR) is 83.4 cm³/mol. The fourth-order valence-electron chi connectivity index (χ4n) is 3.42. The molecule has 0 bridgehead atoms. The van der Waals surface area contributed by atoms with Gasteiger partial charge in [-0.3, -0.25) is 14.5 Å². The highest BCUT2D eigenvalue weighted by Crippen LogP contribution is 2.33. The Morgan fingerprint density at radius 1 is 1.22 bits per heavy atom. The Morgan fingerprint density at radius 3 is 2.61 bits per heavy atom. The molecular weight excluding hydrogens is 296 g/mol. The summed E-state index contributed by atoms with van der Waals surface area (Å²) in [6, 6.07) is 6.34. The van der Waals surface area contributed by atoms with Crippen LogP contribution in [0.1, 0.15) is 42.5 Å². The summed E-state index contributed by atoms with van der Waals surface area (Å²) in [4.78, 5) is 38.4. The van der Waals surface area contributed by atoms with Gasteiger partial charge >= 0.3 is 6.03 Å². The molecule has 0 atom stereocenters. The maximum atomic E-state index is 12.7. The Kier molecular flexibility index (Phi) is 4.07. The van der Waals surface area contributed by atoms with Gasteiger partial charge in [-0.2, -0.15) is 0 Å². The van der Waals surface area contributed by atoms with Gasteiger partial charge in [0.05, 0.1) is 19.2 Å². The maximum Gasteiger partial charge on any atom is 0.325 e. The number of hydrogen-bond acceptors (Lipinski definition) is 4. The molecule has 1 spiro atoms. The third-order valence-corrected chi connectivity index (χ3v) is 4.66. The molecule has 6 nitrogen and oxygen atoms in total. The van der Waals surface area contributed by atoms with Gasteiger partial charge in [0.25, 0.3) is 5.91 Å². The van der Waals surface area contributed by atoms with Crippen LogP contribution in [0.4, 0.5) is 4.79 Å². The van der Waals surface area contributed by atoms with E-state index in [-0.39, 0.29) is 18.2 Å². The first-order valence-electron chi connectivity index (χ1n) is 7.88. The molecule has 1 aromatic carbocycles. The number of para-hydroxylation sites is 1. The molecule has 1 heterocycles. The van der Waals surface area contributed by atoms with E-state index in [4.69, 9.17) is 4.74 Å². The lowest BCUT2D eigenvalue weighted by atomic mass is 9.82. The molecule has 2 aliphatic rings. The second-order valence-corrected chi connectivity index (χ2v) is 6.09. The Bertz CT molecular complexity index is 650. The highest BCUT2D eigenvalue weighted by molar-refractivity contribution is 6.11. The lowest BCUT2D eigenvalue weighted by Crippen LogP contribution is -2.48. The molecular formula is C17H20N2O4. The number of carbonyl (C=O) groups is 3. The first-order chi connectivity index (χ1) is 11.1. The van der Waals surface area contributed by atoms with Crippen LogP contribution in [-0.2, 0) is 4.79 Å². The van der Waals surface area contributed by atoms with E-state index in [2.05, 4.69) is 5.32 Å². The minimum Gasteiger partial charge on any atom is -0.496 e. The summed E-state index contributed by atoms with van der Waals surface area (Å²) in [5.74, 6) is -0.138. The Hall–Kier alpha value is -2.37. The number of hydrogen-bond donors (Lipinski definition) is 1. The van der Waals surface area contributed by atoms with Crippen molar-refractivity contribution < 1.29 is 19.1 Å². The Balaban J connectivity index is 1.78. The van der Waals surface area contributed by atoms with Crippen LogP contribution in [0.5, 0.6) is 5.75 Å². The largest absolute Gasteiger partial charge is 0.496 e. The van der Waals surface area contributed by atoms with E-state index in [0.29, 0.717) is 24.2 Å². The van der Waals surface area contributed by atoms with E-state index in [1.807, 2.05) is 0 Å². The first-order valence-corrected chi connectivity index (χ1v) is 7.88. The number of benzene rings is 1. The van der Waals surface area contributed by atoms with Crippen molar-refractivity contribution in [2.24, 2.45) is 0 Å². The second kappa shape index (κ2) is 6.02. The van der Waals surface area contributed by atoms with Gasteiger partial charge in [-0.15, -0.1) is 0 Å². The number of ether oxygens (including phenoxy) is 1. The number of ketones is 1. The van der Waals surface area contributed by atoms with Crippen LogP contribution in [0.3, 0.4) is 0 Å². The molecule has 122 valence electrons. The van der Waals surface area contributed by atoms with Crippen molar-refractivity contribution in [2.45, 2.75) is 37.6 Å². The molecule has 1 aromatic rings. The van der Waals surface area contributed by atoms with Crippen molar-refractivity contribution in [3.05, 3.63) is 29.8 Å². The molecule has 0 aromatic heterocycles. The molecule has 23 heavy (non-hydrogen) atoms. The molecule has 3 rings (SSSR count). The molecule has 0 radical (unpaired) electrons. The van der Waals surface area contributed by atoms with Gasteiger partial charge < -0.3 is 10.1 Å². The zero-order valence-electron chi connectivity index (χ0n) is 13.1. The number of urea groups is 1. The number of imide groups is 1. The lowest BCUT2D eigenvalue weighted by Gasteiger charge is -2.30. The van der Waals surface area contributed by atoms with Crippen LogP contribution in [0.15, 0.2) is 24.3 Å². The highest BCUT2D eigenvalue weighted by Gasteiger charge is 2.51. The molecule has 1 aliphatic carbocycles. The van der Waals surface area contributed by atoms with Crippen molar-refractivity contribution in [1.29, 1.82) is 0 Å².